The molecule has 0 saturated carbocycles. The second-order valence-corrected chi connectivity index (χ2v) is 3.99. The van der Waals surface area contributed by atoms with E-state index in [1.165, 1.54) is 11.3 Å². The summed E-state index contributed by atoms with van der Waals surface area (Å²) in [6.07, 6.45) is 3.79. The molecule has 0 bridgehead atoms. The van der Waals surface area contributed by atoms with Crippen LogP contribution in [0, 0.1) is 0 Å². The van der Waals surface area contributed by atoms with Gasteiger partial charge in [0, 0.05) is 18.7 Å². The van der Waals surface area contributed by atoms with Gasteiger partial charge in [0.25, 0.3) is 0 Å². The molecule has 16 heavy (non-hydrogen) atoms. The monoisotopic (exact) mass is 214 g/mol. The SMILES string of the molecule is CCc1nncn1-c1ccc2c(c1)NCC2. The Hall–Kier alpha value is -1.84. The summed E-state index contributed by atoms with van der Waals surface area (Å²) in [5.41, 5.74) is 3.78. The molecule has 2 aromatic rings. The fourth-order valence-electron chi connectivity index (χ4n) is 2.14. The lowest BCUT2D eigenvalue weighted by atomic mass is 10.1. The fraction of sp³-hybridized carbons (Fsp3) is 0.333. The molecule has 4 nitrogen and oxygen atoms in total. The van der Waals surface area contributed by atoms with Crippen LogP contribution in [0.3, 0.4) is 0 Å². The number of hydrogen-bond acceptors (Lipinski definition) is 3. The van der Waals surface area contributed by atoms with Crippen molar-refractivity contribution in [1.29, 1.82) is 0 Å². The smallest absolute Gasteiger partial charge is 0.137 e. The highest BCUT2D eigenvalue weighted by molar-refractivity contribution is 5.60. The molecule has 82 valence electrons. The molecular formula is C12H14N4. The van der Waals surface area contributed by atoms with Crippen LogP contribution in [0.25, 0.3) is 5.69 Å². The van der Waals surface area contributed by atoms with E-state index in [4.69, 9.17) is 0 Å². The quantitative estimate of drug-likeness (QED) is 0.829. The zero-order valence-electron chi connectivity index (χ0n) is 9.27. The largest absolute Gasteiger partial charge is 0.384 e. The first-order valence-electron chi connectivity index (χ1n) is 5.64. The predicted molar refractivity (Wildman–Crippen MR) is 62.9 cm³/mol. The van der Waals surface area contributed by atoms with Crippen molar-refractivity contribution in [3.05, 3.63) is 35.9 Å². The number of nitrogens with one attached hydrogen (secondary N) is 1. The standard InChI is InChI=1S/C12H14N4/c1-2-12-15-14-8-16(12)10-4-3-9-5-6-13-11(9)7-10/h3-4,7-8,13H,2,5-6H2,1H3. The molecule has 3 rings (SSSR count). The van der Waals surface area contributed by atoms with Gasteiger partial charge in [-0.1, -0.05) is 13.0 Å². The normalized spacial score (nSPS) is 13.6. The van der Waals surface area contributed by atoms with Crippen molar-refractivity contribution in [3.63, 3.8) is 0 Å². The second kappa shape index (κ2) is 3.63. The van der Waals surface area contributed by atoms with Gasteiger partial charge in [-0.15, -0.1) is 10.2 Å². The first-order valence-corrected chi connectivity index (χ1v) is 5.64. The Bertz CT molecular complexity index is 515. The Morgan fingerprint density at radius 1 is 1.44 bits per heavy atom. The van der Waals surface area contributed by atoms with Crippen LogP contribution in [0.15, 0.2) is 24.5 Å². The Morgan fingerprint density at radius 2 is 2.38 bits per heavy atom. The number of hydrogen-bond donors (Lipinski definition) is 1. The van der Waals surface area contributed by atoms with Gasteiger partial charge in [-0.3, -0.25) is 4.57 Å². The van der Waals surface area contributed by atoms with Gasteiger partial charge < -0.3 is 5.32 Å². The van der Waals surface area contributed by atoms with Crippen LogP contribution in [-0.2, 0) is 12.8 Å². The first kappa shape index (κ1) is 9.39. The number of anilines is 1. The Labute approximate surface area is 94.3 Å². The number of rotatable bonds is 2. The van der Waals surface area contributed by atoms with Crippen LogP contribution in [0.2, 0.25) is 0 Å². The maximum Gasteiger partial charge on any atom is 0.137 e. The van der Waals surface area contributed by atoms with E-state index < -0.39 is 0 Å². The van der Waals surface area contributed by atoms with E-state index in [1.54, 1.807) is 6.33 Å². The molecule has 0 saturated heterocycles. The highest BCUT2D eigenvalue weighted by atomic mass is 15.3. The third kappa shape index (κ3) is 1.38. The number of fused-ring (bicyclic) bond motifs is 1. The van der Waals surface area contributed by atoms with Gasteiger partial charge in [0.2, 0.25) is 0 Å². The molecular weight excluding hydrogens is 200 g/mol. The lowest BCUT2D eigenvalue weighted by Crippen LogP contribution is -1.99. The van der Waals surface area contributed by atoms with E-state index in [-0.39, 0.29) is 0 Å². The van der Waals surface area contributed by atoms with Gasteiger partial charge in [-0.05, 0) is 24.1 Å². The van der Waals surface area contributed by atoms with Crippen LogP contribution in [-0.4, -0.2) is 21.3 Å². The van der Waals surface area contributed by atoms with E-state index in [9.17, 15) is 0 Å². The molecule has 1 aromatic heterocycles. The van der Waals surface area contributed by atoms with Gasteiger partial charge in [0.15, 0.2) is 0 Å². The Morgan fingerprint density at radius 3 is 3.25 bits per heavy atom. The van der Waals surface area contributed by atoms with Gasteiger partial charge >= 0.3 is 0 Å². The average Bonchev–Trinajstić information content (AvgIpc) is 2.96. The summed E-state index contributed by atoms with van der Waals surface area (Å²) in [6.45, 7) is 3.13. The van der Waals surface area contributed by atoms with E-state index >= 15 is 0 Å². The summed E-state index contributed by atoms with van der Waals surface area (Å²) in [7, 11) is 0. The Kier molecular flexibility index (Phi) is 2.13. The van der Waals surface area contributed by atoms with Crippen LogP contribution in [0.4, 0.5) is 5.69 Å². The highest BCUT2D eigenvalue weighted by Gasteiger charge is 2.11. The zero-order chi connectivity index (χ0) is 11.0. The Balaban J connectivity index is 2.07. The molecule has 4 heteroatoms. The maximum absolute atomic E-state index is 4.10. The number of aryl methyl sites for hydroxylation is 1. The minimum atomic E-state index is 0.893. The molecule has 0 spiro atoms. The van der Waals surface area contributed by atoms with Crippen molar-refractivity contribution in [1.82, 2.24) is 14.8 Å². The fourth-order valence-corrected chi connectivity index (χ4v) is 2.14. The van der Waals surface area contributed by atoms with E-state index in [0.717, 1.165) is 30.9 Å². The van der Waals surface area contributed by atoms with Crippen LogP contribution >= 0.6 is 0 Å². The van der Waals surface area contributed by atoms with E-state index in [0.29, 0.717) is 0 Å². The van der Waals surface area contributed by atoms with Crippen molar-refractivity contribution in [2.45, 2.75) is 19.8 Å². The molecule has 1 aliphatic heterocycles. The van der Waals surface area contributed by atoms with Crippen molar-refractivity contribution in [2.75, 3.05) is 11.9 Å². The van der Waals surface area contributed by atoms with Crippen LogP contribution in [0.1, 0.15) is 18.3 Å². The van der Waals surface area contributed by atoms with Crippen LogP contribution in [0.5, 0.6) is 0 Å². The summed E-state index contributed by atoms with van der Waals surface area (Å²) < 4.78 is 2.04. The topological polar surface area (TPSA) is 42.7 Å². The number of aromatic nitrogens is 3. The summed E-state index contributed by atoms with van der Waals surface area (Å²) in [5, 5.41) is 11.4. The molecule has 1 N–H and O–H groups in total. The summed E-state index contributed by atoms with van der Waals surface area (Å²) >= 11 is 0. The third-order valence-electron chi connectivity index (χ3n) is 3.02. The number of benzene rings is 1. The minimum absolute atomic E-state index is 0.893. The molecule has 0 amide bonds. The van der Waals surface area contributed by atoms with Gasteiger partial charge in [0.05, 0.1) is 5.69 Å². The second-order valence-electron chi connectivity index (χ2n) is 3.99. The van der Waals surface area contributed by atoms with E-state index in [1.807, 2.05) is 4.57 Å². The molecule has 0 radical (unpaired) electrons. The van der Waals surface area contributed by atoms with Crippen LogP contribution < -0.4 is 5.32 Å². The van der Waals surface area contributed by atoms with Gasteiger partial charge in [-0.25, -0.2) is 0 Å². The van der Waals surface area contributed by atoms with Gasteiger partial charge in [-0.2, -0.15) is 0 Å². The summed E-state index contributed by atoms with van der Waals surface area (Å²) in [5.74, 6) is 0.998. The maximum atomic E-state index is 4.10. The van der Waals surface area contributed by atoms with Crippen molar-refractivity contribution < 1.29 is 0 Å². The van der Waals surface area contributed by atoms with Crippen molar-refractivity contribution in [2.24, 2.45) is 0 Å². The first-order chi connectivity index (χ1) is 7.88. The summed E-state index contributed by atoms with van der Waals surface area (Å²) in [4.78, 5) is 0. The molecule has 0 fully saturated rings. The van der Waals surface area contributed by atoms with Crippen molar-refractivity contribution >= 4 is 5.69 Å². The van der Waals surface area contributed by atoms with Gasteiger partial charge in [0.1, 0.15) is 12.2 Å². The number of nitrogens with zero attached hydrogens (tertiary/aromatic N) is 3. The summed E-state index contributed by atoms with van der Waals surface area (Å²) in [6, 6.07) is 6.49. The molecule has 0 aliphatic carbocycles. The molecule has 1 aliphatic rings. The third-order valence-corrected chi connectivity index (χ3v) is 3.02. The lowest BCUT2D eigenvalue weighted by Gasteiger charge is -2.07. The molecule has 0 unspecified atom stereocenters. The molecule has 0 atom stereocenters. The molecule has 2 heterocycles. The predicted octanol–water partition coefficient (Wildman–Crippen LogP) is 1.80. The van der Waals surface area contributed by atoms with E-state index in [2.05, 4.69) is 40.6 Å². The zero-order valence-corrected chi connectivity index (χ0v) is 9.27. The highest BCUT2D eigenvalue weighted by Crippen LogP contribution is 2.25. The minimum Gasteiger partial charge on any atom is -0.384 e. The average molecular weight is 214 g/mol. The lowest BCUT2D eigenvalue weighted by molar-refractivity contribution is 0.883. The molecule has 1 aromatic carbocycles. The van der Waals surface area contributed by atoms with Crippen molar-refractivity contribution in [3.8, 4) is 5.69 Å².